The van der Waals surface area contributed by atoms with E-state index in [1.807, 2.05) is 25.3 Å². The normalized spacial score (nSPS) is 12.5. The number of rotatable bonds is 5. The predicted octanol–water partition coefficient (Wildman–Crippen LogP) is 1.96. The van der Waals surface area contributed by atoms with Crippen LogP contribution in [-0.4, -0.2) is 27.6 Å². The number of aliphatic carboxylic acids is 1. The summed E-state index contributed by atoms with van der Waals surface area (Å²) in [7, 11) is 0. The summed E-state index contributed by atoms with van der Waals surface area (Å²) in [5.74, 6) is -1.49. The first-order valence-electron chi connectivity index (χ1n) is 6.50. The summed E-state index contributed by atoms with van der Waals surface area (Å²) in [6.45, 7) is 10.1. The van der Waals surface area contributed by atoms with E-state index >= 15 is 0 Å². The molecule has 5 heteroatoms. The predicted molar refractivity (Wildman–Crippen MR) is 73.3 cm³/mol. The lowest BCUT2D eigenvalue weighted by Gasteiger charge is -2.17. The van der Waals surface area contributed by atoms with E-state index < -0.39 is 12.0 Å². The molecule has 1 heterocycles. The number of carboxylic acids is 1. The van der Waals surface area contributed by atoms with Crippen LogP contribution in [0.5, 0.6) is 0 Å². The quantitative estimate of drug-likeness (QED) is 0.855. The lowest BCUT2D eigenvalue weighted by Crippen LogP contribution is -2.44. The Kier molecular flexibility index (Phi) is 4.75. The summed E-state index contributed by atoms with van der Waals surface area (Å²) in [4.78, 5) is 23.3. The van der Waals surface area contributed by atoms with Crippen LogP contribution in [-0.2, 0) is 11.3 Å². The topological polar surface area (TPSA) is 71.3 Å². The smallest absolute Gasteiger partial charge is 0.326 e. The second-order valence-electron chi connectivity index (χ2n) is 5.06. The van der Waals surface area contributed by atoms with Crippen molar-refractivity contribution in [3.05, 3.63) is 23.0 Å². The zero-order valence-corrected chi connectivity index (χ0v) is 12.2. The average Bonchev–Trinajstić information content (AvgIpc) is 2.60. The third-order valence-electron chi connectivity index (χ3n) is 3.35. The molecule has 0 aliphatic rings. The average molecular weight is 266 g/mol. The molecule has 0 bridgehead atoms. The minimum Gasteiger partial charge on any atom is -0.480 e. The van der Waals surface area contributed by atoms with Crippen molar-refractivity contribution in [2.75, 3.05) is 0 Å². The fourth-order valence-electron chi connectivity index (χ4n) is 2.25. The Morgan fingerprint density at radius 1 is 1.37 bits per heavy atom. The third kappa shape index (κ3) is 3.16. The number of hydrogen-bond donors (Lipinski definition) is 2. The van der Waals surface area contributed by atoms with Gasteiger partial charge in [0.05, 0.1) is 5.56 Å². The van der Waals surface area contributed by atoms with Gasteiger partial charge in [-0.2, -0.15) is 0 Å². The number of amides is 1. The summed E-state index contributed by atoms with van der Waals surface area (Å²) in [5, 5.41) is 11.7. The molecule has 1 aromatic heterocycles. The highest BCUT2D eigenvalue weighted by atomic mass is 16.4. The molecule has 0 saturated heterocycles. The van der Waals surface area contributed by atoms with Gasteiger partial charge in [-0.05, 0) is 32.8 Å². The van der Waals surface area contributed by atoms with E-state index in [0.717, 1.165) is 17.9 Å². The molecule has 106 valence electrons. The van der Waals surface area contributed by atoms with Gasteiger partial charge >= 0.3 is 5.97 Å². The van der Waals surface area contributed by atoms with Gasteiger partial charge < -0.3 is 15.0 Å². The van der Waals surface area contributed by atoms with Crippen molar-refractivity contribution in [1.29, 1.82) is 0 Å². The highest BCUT2D eigenvalue weighted by Gasteiger charge is 2.25. The molecule has 0 aromatic carbocycles. The van der Waals surface area contributed by atoms with E-state index in [9.17, 15) is 9.59 Å². The van der Waals surface area contributed by atoms with Gasteiger partial charge in [-0.15, -0.1) is 0 Å². The molecule has 0 fully saturated rings. The first-order chi connectivity index (χ1) is 8.79. The molecule has 0 radical (unpaired) electrons. The number of nitrogens with one attached hydrogen (secondary N) is 1. The van der Waals surface area contributed by atoms with Gasteiger partial charge in [0.25, 0.3) is 5.91 Å². The fraction of sp³-hybridized carbons (Fsp3) is 0.571. The molecule has 2 N–H and O–H groups in total. The third-order valence-corrected chi connectivity index (χ3v) is 3.35. The molecule has 1 unspecified atom stereocenters. The minimum atomic E-state index is -1.01. The number of aryl methyl sites for hydroxylation is 1. The van der Waals surface area contributed by atoms with Crippen molar-refractivity contribution < 1.29 is 14.7 Å². The van der Waals surface area contributed by atoms with Gasteiger partial charge in [0.2, 0.25) is 0 Å². The maximum Gasteiger partial charge on any atom is 0.326 e. The maximum absolute atomic E-state index is 12.2. The monoisotopic (exact) mass is 266 g/mol. The molecule has 0 saturated carbocycles. The van der Waals surface area contributed by atoms with Crippen molar-refractivity contribution in [2.45, 2.75) is 47.2 Å². The van der Waals surface area contributed by atoms with Crippen LogP contribution in [0.25, 0.3) is 0 Å². The fourth-order valence-corrected chi connectivity index (χ4v) is 2.25. The first-order valence-corrected chi connectivity index (χ1v) is 6.50. The van der Waals surface area contributed by atoms with Crippen molar-refractivity contribution in [1.82, 2.24) is 9.88 Å². The Labute approximate surface area is 113 Å². The second kappa shape index (κ2) is 5.91. The van der Waals surface area contributed by atoms with Crippen molar-refractivity contribution >= 4 is 11.9 Å². The van der Waals surface area contributed by atoms with E-state index in [1.165, 1.54) is 0 Å². The van der Waals surface area contributed by atoms with Crippen LogP contribution in [0.15, 0.2) is 6.07 Å². The molecule has 0 spiro atoms. The molecule has 0 aliphatic carbocycles. The van der Waals surface area contributed by atoms with E-state index in [1.54, 1.807) is 19.9 Å². The van der Waals surface area contributed by atoms with Crippen LogP contribution in [0.4, 0.5) is 0 Å². The van der Waals surface area contributed by atoms with Gasteiger partial charge in [0, 0.05) is 17.9 Å². The Morgan fingerprint density at radius 3 is 2.32 bits per heavy atom. The molecule has 5 nitrogen and oxygen atoms in total. The van der Waals surface area contributed by atoms with Gasteiger partial charge in [0.15, 0.2) is 0 Å². The zero-order valence-electron chi connectivity index (χ0n) is 12.2. The minimum absolute atomic E-state index is 0.156. The molecule has 1 atom stereocenters. The van der Waals surface area contributed by atoms with Crippen LogP contribution in [0.1, 0.15) is 42.5 Å². The Balaban J connectivity index is 2.98. The van der Waals surface area contributed by atoms with E-state index in [-0.39, 0.29) is 11.8 Å². The Bertz CT molecular complexity index is 489. The number of carbonyl (C=O) groups excluding carboxylic acids is 1. The number of carboxylic acid groups (broad SMARTS) is 1. The largest absolute Gasteiger partial charge is 0.480 e. The van der Waals surface area contributed by atoms with Crippen LogP contribution in [0.2, 0.25) is 0 Å². The van der Waals surface area contributed by atoms with Crippen LogP contribution in [0, 0.1) is 19.8 Å². The molecule has 19 heavy (non-hydrogen) atoms. The van der Waals surface area contributed by atoms with E-state index in [2.05, 4.69) is 5.32 Å². The molecule has 0 aliphatic heterocycles. The number of aromatic nitrogens is 1. The van der Waals surface area contributed by atoms with Gasteiger partial charge in [-0.25, -0.2) is 4.79 Å². The zero-order chi connectivity index (χ0) is 14.7. The SMILES string of the molecule is CCn1c(C)cc(C(=O)NC(C(=O)O)C(C)C)c1C. The second-order valence-corrected chi connectivity index (χ2v) is 5.06. The van der Waals surface area contributed by atoms with Crippen LogP contribution in [0.3, 0.4) is 0 Å². The first kappa shape index (κ1) is 15.3. The van der Waals surface area contributed by atoms with Crippen molar-refractivity contribution in [3.63, 3.8) is 0 Å². The number of carbonyl (C=O) groups is 2. The van der Waals surface area contributed by atoms with Gasteiger partial charge in [0.1, 0.15) is 6.04 Å². The summed E-state index contributed by atoms with van der Waals surface area (Å²) >= 11 is 0. The lowest BCUT2D eigenvalue weighted by molar-refractivity contribution is -0.140. The Hall–Kier alpha value is -1.78. The number of hydrogen-bond acceptors (Lipinski definition) is 2. The summed E-state index contributed by atoms with van der Waals surface area (Å²) in [6, 6.07) is 0.935. The molecule has 1 rings (SSSR count). The maximum atomic E-state index is 12.2. The molecular formula is C14H22N2O3. The lowest BCUT2D eigenvalue weighted by atomic mass is 10.0. The van der Waals surface area contributed by atoms with E-state index in [4.69, 9.17) is 5.11 Å². The van der Waals surface area contributed by atoms with Crippen molar-refractivity contribution in [2.24, 2.45) is 5.92 Å². The van der Waals surface area contributed by atoms with Gasteiger partial charge in [-0.3, -0.25) is 4.79 Å². The standard InChI is InChI=1S/C14H22N2O3/c1-6-16-9(4)7-11(10(16)5)13(17)15-12(8(2)3)14(18)19/h7-8,12H,6H2,1-5H3,(H,15,17)(H,18,19). The highest BCUT2D eigenvalue weighted by Crippen LogP contribution is 2.15. The van der Waals surface area contributed by atoms with Crippen molar-refractivity contribution in [3.8, 4) is 0 Å². The summed E-state index contributed by atoms with van der Waals surface area (Å²) in [6.07, 6.45) is 0. The van der Waals surface area contributed by atoms with Crippen LogP contribution >= 0.6 is 0 Å². The summed E-state index contributed by atoms with van der Waals surface area (Å²) < 4.78 is 2.03. The number of nitrogens with zero attached hydrogens (tertiary/aromatic N) is 1. The van der Waals surface area contributed by atoms with Crippen LogP contribution < -0.4 is 5.32 Å². The summed E-state index contributed by atoms with van der Waals surface area (Å²) in [5.41, 5.74) is 2.42. The molecule has 1 amide bonds. The molecule has 1 aromatic rings. The highest BCUT2D eigenvalue weighted by molar-refractivity contribution is 5.97. The Morgan fingerprint density at radius 2 is 1.95 bits per heavy atom. The van der Waals surface area contributed by atoms with Gasteiger partial charge in [-0.1, -0.05) is 13.8 Å². The van der Waals surface area contributed by atoms with E-state index in [0.29, 0.717) is 5.56 Å². The molecular weight excluding hydrogens is 244 g/mol.